The van der Waals surface area contributed by atoms with Crippen molar-refractivity contribution in [1.29, 1.82) is 0 Å². The van der Waals surface area contributed by atoms with E-state index < -0.39 is 0 Å². The van der Waals surface area contributed by atoms with E-state index in [2.05, 4.69) is 51.8 Å². The number of hydrogen-bond donors (Lipinski definition) is 0. The van der Waals surface area contributed by atoms with Crippen molar-refractivity contribution in [2.45, 2.75) is 45.6 Å². The molecule has 3 rings (SSSR count). The molecule has 2 heterocycles. The number of likely N-dealkylation sites (tertiary alicyclic amines) is 1. The lowest BCUT2D eigenvalue weighted by atomic mass is 10.1. The molecule has 1 aliphatic heterocycles. The van der Waals surface area contributed by atoms with Crippen LogP contribution in [-0.4, -0.2) is 33.6 Å². The topological polar surface area (TPSA) is 30.3 Å². The van der Waals surface area contributed by atoms with Gasteiger partial charge in [0.1, 0.15) is 5.82 Å². The number of aryl methyl sites for hydroxylation is 1. The molecule has 0 bridgehead atoms. The van der Waals surface area contributed by atoms with E-state index in [4.69, 9.17) is 4.74 Å². The summed E-state index contributed by atoms with van der Waals surface area (Å²) in [6, 6.07) is 10.4. The highest BCUT2D eigenvalue weighted by atomic mass is 16.5. The van der Waals surface area contributed by atoms with Gasteiger partial charge in [-0.3, -0.25) is 4.90 Å². The fraction of sp³-hybridized carbons (Fsp3) is 0.500. The molecule has 0 radical (unpaired) electrons. The maximum absolute atomic E-state index is 6.05. The third kappa shape index (κ3) is 3.96. The molecule has 118 valence electrons. The smallest absolute Gasteiger partial charge is 0.122 e. The Morgan fingerprint density at radius 3 is 2.68 bits per heavy atom. The number of aromatic nitrogens is 2. The predicted octanol–water partition coefficient (Wildman–Crippen LogP) is 3.08. The molecule has 1 aromatic heterocycles. The normalized spacial score (nSPS) is 17.0. The van der Waals surface area contributed by atoms with Crippen molar-refractivity contribution in [2.24, 2.45) is 0 Å². The molecule has 1 aliphatic rings. The van der Waals surface area contributed by atoms with Crippen LogP contribution in [0.3, 0.4) is 0 Å². The minimum atomic E-state index is 0.391. The highest BCUT2D eigenvalue weighted by molar-refractivity contribution is 5.13. The second-order valence-electron chi connectivity index (χ2n) is 5.90. The second-order valence-corrected chi connectivity index (χ2v) is 5.90. The molecule has 4 heteroatoms. The lowest BCUT2D eigenvalue weighted by molar-refractivity contribution is -0.00452. The van der Waals surface area contributed by atoms with Gasteiger partial charge in [0.25, 0.3) is 0 Å². The Labute approximate surface area is 132 Å². The van der Waals surface area contributed by atoms with Crippen molar-refractivity contribution in [3.63, 3.8) is 0 Å². The van der Waals surface area contributed by atoms with Crippen LogP contribution in [0, 0.1) is 0 Å². The molecular formula is C18H25N3O. The van der Waals surface area contributed by atoms with Crippen molar-refractivity contribution in [3.05, 3.63) is 54.1 Å². The molecule has 0 spiro atoms. The van der Waals surface area contributed by atoms with Crippen LogP contribution in [0.1, 0.15) is 31.2 Å². The summed E-state index contributed by atoms with van der Waals surface area (Å²) in [4.78, 5) is 6.95. The maximum atomic E-state index is 6.05. The van der Waals surface area contributed by atoms with Crippen molar-refractivity contribution in [2.75, 3.05) is 13.1 Å². The summed E-state index contributed by atoms with van der Waals surface area (Å²) >= 11 is 0. The number of rotatable bonds is 6. The summed E-state index contributed by atoms with van der Waals surface area (Å²) in [6.45, 7) is 7.02. The first-order valence-electron chi connectivity index (χ1n) is 8.23. The fourth-order valence-electron chi connectivity index (χ4n) is 3.00. The molecule has 0 saturated carbocycles. The van der Waals surface area contributed by atoms with Crippen LogP contribution >= 0.6 is 0 Å². The molecule has 0 atom stereocenters. The van der Waals surface area contributed by atoms with Gasteiger partial charge in [-0.1, -0.05) is 30.3 Å². The Hall–Kier alpha value is -1.65. The van der Waals surface area contributed by atoms with E-state index in [-0.39, 0.29) is 0 Å². The van der Waals surface area contributed by atoms with E-state index in [1.165, 1.54) is 11.4 Å². The summed E-state index contributed by atoms with van der Waals surface area (Å²) in [7, 11) is 0. The van der Waals surface area contributed by atoms with Crippen molar-refractivity contribution < 1.29 is 4.74 Å². The lowest BCUT2D eigenvalue weighted by Crippen LogP contribution is -2.37. The van der Waals surface area contributed by atoms with Crippen LogP contribution < -0.4 is 0 Å². The van der Waals surface area contributed by atoms with Crippen LogP contribution in [0.2, 0.25) is 0 Å². The third-order valence-electron chi connectivity index (χ3n) is 4.37. The van der Waals surface area contributed by atoms with Gasteiger partial charge in [-0.25, -0.2) is 4.98 Å². The lowest BCUT2D eigenvalue weighted by Gasteiger charge is -2.31. The summed E-state index contributed by atoms with van der Waals surface area (Å²) in [5, 5.41) is 0. The Kier molecular flexibility index (Phi) is 5.24. The predicted molar refractivity (Wildman–Crippen MR) is 87.4 cm³/mol. The van der Waals surface area contributed by atoms with Crippen molar-refractivity contribution >= 4 is 0 Å². The van der Waals surface area contributed by atoms with Crippen LogP contribution in [0.15, 0.2) is 42.7 Å². The van der Waals surface area contributed by atoms with Gasteiger partial charge in [-0.15, -0.1) is 0 Å². The summed E-state index contributed by atoms with van der Waals surface area (Å²) in [5.41, 5.74) is 1.26. The summed E-state index contributed by atoms with van der Waals surface area (Å²) in [6.07, 6.45) is 6.57. The zero-order valence-corrected chi connectivity index (χ0v) is 13.3. The Balaban J connectivity index is 1.42. The molecule has 4 nitrogen and oxygen atoms in total. The number of ether oxygens (including phenoxy) is 1. The zero-order chi connectivity index (χ0) is 15.2. The van der Waals surface area contributed by atoms with Crippen molar-refractivity contribution in [1.82, 2.24) is 14.5 Å². The fourth-order valence-corrected chi connectivity index (χ4v) is 3.00. The second kappa shape index (κ2) is 7.56. The maximum Gasteiger partial charge on any atom is 0.122 e. The summed E-state index contributed by atoms with van der Waals surface area (Å²) in [5.74, 6) is 1.17. The van der Waals surface area contributed by atoms with Crippen LogP contribution in [0.25, 0.3) is 0 Å². The van der Waals surface area contributed by atoms with Crippen LogP contribution in [0.5, 0.6) is 0 Å². The molecule has 22 heavy (non-hydrogen) atoms. The summed E-state index contributed by atoms with van der Waals surface area (Å²) < 4.78 is 8.27. The van der Waals surface area contributed by atoms with Gasteiger partial charge in [-0.2, -0.15) is 0 Å². The Morgan fingerprint density at radius 1 is 1.18 bits per heavy atom. The monoisotopic (exact) mass is 299 g/mol. The molecule has 0 amide bonds. The Morgan fingerprint density at radius 2 is 1.95 bits per heavy atom. The molecule has 2 aromatic rings. The largest absolute Gasteiger partial charge is 0.373 e. The number of piperidine rings is 1. The number of nitrogens with zero attached hydrogens (tertiary/aromatic N) is 3. The van der Waals surface area contributed by atoms with E-state index in [9.17, 15) is 0 Å². The van der Waals surface area contributed by atoms with E-state index in [1.807, 2.05) is 12.3 Å². The minimum Gasteiger partial charge on any atom is -0.373 e. The zero-order valence-electron chi connectivity index (χ0n) is 13.3. The number of benzene rings is 1. The average Bonchev–Trinajstić information content (AvgIpc) is 3.02. The highest BCUT2D eigenvalue weighted by Crippen LogP contribution is 2.17. The number of hydrogen-bond acceptors (Lipinski definition) is 3. The van der Waals surface area contributed by atoms with Gasteiger partial charge in [0.05, 0.1) is 19.3 Å². The molecule has 1 fully saturated rings. The molecule has 1 saturated heterocycles. The van der Waals surface area contributed by atoms with Crippen LogP contribution in [0.4, 0.5) is 0 Å². The quantitative estimate of drug-likeness (QED) is 0.821. The standard InChI is InChI=1S/C18H25N3O/c1-2-21-13-10-19-18(21)14-20-11-8-17(9-12-20)22-15-16-6-4-3-5-7-16/h3-7,10,13,17H,2,8-9,11-12,14-15H2,1H3. The highest BCUT2D eigenvalue weighted by Gasteiger charge is 2.20. The first-order valence-corrected chi connectivity index (χ1v) is 8.23. The molecule has 0 aliphatic carbocycles. The van der Waals surface area contributed by atoms with Gasteiger partial charge in [0, 0.05) is 32.0 Å². The number of imidazole rings is 1. The van der Waals surface area contributed by atoms with Gasteiger partial charge in [0.2, 0.25) is 0 Å². The van der Waals surface area contributed by atoms with Crippen molar-refractivity contribution in [3.8, 4) is 0 Å². The van der Waals surface area contributed by atoms with E-state index in [1.54, 1.807) is 0 Å². The van der Waals surface area contributed by atoms with Gasteiger partial charge in [-0.05, 0) is 25.3 Å². The van der Waals surface area contributed by atoms with E-state index in [0.29, 0.717) is 6.10 Å². The minimum absolute atomic E-state index is 0.391. The Bertz CT molecular complexity index is 559. The SMILES string of the molecule is CCn1ccnc1CN1CCC(OCc2ccccc2)CC1. The first kappa shape index (κ1) is 15.3. The van der Waals surface area contributed by atoms with Crippen LogP contribution in [-0.2, 0) is 24.4 Å². The first-order chi connectivity index (χ1) is 10.8. The molecular weight excluding hydrogens is 274 g/mol. The molecule has 1 aromatic carbocycles. The van der Waals surface area contributed by atoms with Gasteiger partial charge >= 0.3 is 0 Å². The third-order valence-corrected chi connectivity index (χ3v) is 4.37. The van der Waals surface area contributed by atoms with E-state index in [0.717, 1.165) is 45.6 Å². The molecule has 0 N–H and O–H groups in total. The molecule has 0 unspecified atom stereocenters. The van der Waals surface area contributed by atoms with Gasteiger partial charge < -0.3 is 9.30 Å². The van der Waals surface area contributed by atoms with E-state index >= 15 is 0 Å². The average molecular weight is 299 g/mol. The van der Waals surface area contributed by atoms with Gasteiger partial charge in [0.15, 0.2) is 0 Å².